The van der Waals surface area contributed by atoms with Gasteiger partial charge in [-0.15, -0.1) is 0 Å². The largest absolute Gasteiger partial charge is 0.462 e. The number of hydrogen-bond acceptors (Lipinski definition) is 2. The Bertz CT molecular complexity index is 820. The smallest absolute Gasteiger partial charge is 0.313 e. The Hall–Kier alpha value is -2.11. The van der Waals surface area contributed by atoms with Gasteiger partial charge in [0.15, 0.2) is 23.3 Å². The third-order valence-corrected chi connectivity index (χ3v) is 6.34. The first-order valence-corrected chi connectivity index (χ1v) is 11.6. The van der Waals surface area contributed by atoms with Crippen molar-refractivity contribution >= 4 is 5.97 Å². The van der Waals surface area contributed by atoms with Crippen LogP contribution in [-0.2, 0) is 9.53 Å². The summed E-state index contributed by atoms with van der Waals surface area (Å²) in [4.78, 5) is 12.1. The zero-order valence-corrected chi connectivity index (χ0v) is 21.4. The summed E-state index contributed by atoms with van der Waals surface area (Å²) in [7, 11) is 0. The number of ether oxygens (including phenoxy) is 1. The number of rotatable bonds is 13. The lowest BCUT2D eigenvalue weighted by molar-refractivity contribution is -0.151. The van der Waals surface area contributed by atoms with Crippen LogP contribution in [0.15, 0.2) is 58.8 Å². The van der Waals surface area contributed by atoms with Crippen molar-refractivity contribution in [1.82, 2.24) is 0 Å². The molecule has 0 aromatic rings. The van der Waals surface area contributed by atoms with Crippen LogP contribution in [0, 0.1) is 17.8 Å². The Morgan fingerprint density at radius 2 is 1.36 bits per heavy atom. The van der Waals surface area contributed by atoms with Crippen molar-refractivity contribution in [1.29, 1.82) is 0 Å². The molecule has 0 fully saturated rings. The van der Waals surface area contributed by atoms with Crippen molar-refractivity contribution < 1.29 is 27.1 Å². The number of carbonyl (C=O) groups is 1. The van der Waals surface area contributed by atoms with Gasteiger partial charge in [0.2, 0.25) is 0 Å². The lowest BCUT2D eigenvalue weighted by Crippen LogP contribution is -2.21. The molecule has 33 heavy (non-hydrogen) atoms. The van der Waals surface area contributed by atoms with Crippen molar-refractivity contribution in [3.05, 3.63) is 58.8 Å². The van der Waals surface area contributed by atoms with E-state index in [1.54, 1.807) is 13.8 Å². The van der Waals surface area contributed by atoms with Crippen LogP contribution < -0.4 is 0 Å². The second kappa shape index (κ2) is 14.2. The molecule has 4 atom stereocenters. The molecule has 0 aromatic heterocycles. The molecule has 0 aliphatic carbocycles. The molecule has 6 heteroatoms. The van der Waals surface area contributed by atoms with E-state index in [2.05, 4.69) is 27.0 Å². The third kappa shape index (κ3) is 8.98. The van der Waals surface area contributed by atoms with E-state index in [0.717, 1.165) is 19.8 Å². The highest BCUT2D eigenvalue weighted by molar-refractivity contribution is 5.75. The van der Waals surface area contributed by atoms with E-state index in [4.69, 9.17) is 4.74 Å². The normalized spacial score (nSPS) is 17.7. The van der Waals surface area contributed by atoms with Gasteiger partial charge >= 0.3 is 5.97 Å². The Kier molecular flexibility index (Phi) is 13.3. The van der Waals surface area contributed by atoms with Crippen LogP contribution in [0.5, 0.6) is 0 Å². The van der Waals surface area contributed by atoms with Gasteiger partial charge in [0.25, 0.3) is 0 Å². The predicted molar refractivity (Wildman–Crippen MR) is 128 cm³/mol. The highest BCUT2D eigenvalue weighted by Gasteiger charge is 2.26. The maximum Gasteiger partial charge on any atom is 0.313 e. The first kappa shape index (κ1) is 30.9. The molecule has 0 aliphatic rings. The quantitative estimate of drug-likeness (QED) is 0.152. The van der Waals surface area contributed by atoms with Gasteiger partial charge in [-0.2, -0.15) is 0 Å². The van der Waals surface area contributed by atoms with Crippen LogP contribution >= 0.6 is 0 Å². The molecule has 4 unspecified atom stereocenters. The molecule has 0 N–H and O–H groups in total. The van der Waals surface area contributed by atoms with Gasteiger partial charge in [-0.3, -0.25) is 4.79 Å². The average molecular weight is 473 g/mol. The molecule has 0 saturated heterocycles. The number of halogens is 4. The fourth-order valence-electron chi connectivity index (χ4n) is 2.79. The van der Waals surface area contributed by atoms with E-state index in [1.165, 1.54) is 13.8 Å². The highest BCUT2D eigenvalue weighted by atomic mass is 19.2. The summed E-state index contributed by atoms with van der Waals surface area (Å²) in [5, 5.41) is 0. The lowest BCUT2D eigenvalue weighted by Gasteiger charge is -2.17. The lowest BCUT2D eigenvalue weighted by atomic mass is 9.90. The van der Waals surface area contributed by atoms with Crippen molar-refractivity contribution in [2.45, 2.75) is 87.2 Å². The zero-order chi connectivity index (χ0) is 26.0. The predicted octanol–water partition coefficient (Wildman–Crippen LogP) is 9.18. The van der Waals surface area contributed by atoms with Crippen molar-refractivity contribution in [3.63, 3.8) is 0 Å². The van der Waals surface area contributed by atoms with Gasteiger partial charge in [0, 0.05) is 5.57 Å². The topological polar surface area (TPSA) is 26.3 Å². The van der Waals surface area contributed by atoms with Crippen LogP contribution in [0.1, 0.15) is 81.1 Å². The average Bonchev–Trinajstić information content (AvgIpc) is 2.82. The van der Waals surface area contributed by atoms with E-state index in [9.17, 15) is 22.4 Å². The second-order valence-corrected chi connectivity index (χ2v) is 8.94. The molecular formula is C27H40F4O2. The van der Waals surface area contributed by atoms with Crippen molar-refractivity contribution in [2.24, 2.45) is 17.8 Å². The van der Waals surface area contributed by atoms with Crippen LogP contribution in [-0.4, -0.2) is 12.1 Å². The molecule has 0 radical (unpaired) electrons. The number of esters is 1. The standard InChI is InChI=1S/C27H40F4O2/c1-11-15(3)13-14-16(4)18(6)23(28)24(29)19(7)20(8)25(30)26(31)21(9)22(10)27(32)33-17(5)12-2/h15-17,22H,6-7,11-14H2,1-5,8-10H3/b24-23-,25-20-,26-21-. The molecule has 0 spiro atoms. The number of carbonyl (C=O) groups excluding carboxylic acids is 1. The molecule has 0 aliphatic heterocycles. The van der Waals surface area contributed by atoms with Gasteiger partial charge in [0.1, 0.15) is 0 Å². The Morgan fingerprint density at radius 1 is 0.818 bits per heavy atom. The van der Waals surface area contributed by atoms with Gasteiger partial charge in [-0.25, -0.2) is 17.6 Å². The molecule has 188 valence electrons. The van der Waals surface area contributed by atoms with Gasteiger partial charge in [-0.05, 0) is 69.1 Å². The van der Waals surface area contributed by atoms with Gasteiger partial charge < -0.3 is 4.74 Å². The molecular weight excluding hydrogens is 432 g/mol. The van der Waals surface area contributed by atoms with Crippen molar-refractivity contribution in [2.75, 3.05) is 0 Å². The maximum absolute atomic E-state index is 14.8. The summed E-state index contributed by atoms with van der Waals surface area (Å²) in [6.45, 7) is 20.2. The van der Waals surface area contributed by atoms with Crippen molar-refractivity contribution in [3.8, 4) is 0 Å². The minimum atomic E-state index is -1.40. The monoisotopic (exact) mass is 472 g/mol. The van der Waals surface area contributed by atoms with Crippen LogP contribution in [0.3, 0.4) is 0 Å². The Balaban J connectivity index is 5.75. The third-order valence-electron chi connectivity index (χ3n) is 6.34. The first-order chi connectivity index (χ1) is 15.2. The van der Waals surface area contributed by atoms with E-state index in [-0.39, 0.29) is 23.2 Å². The summed E-state index contributed by atoms with van der Waals surface area (Å²) in [5.41, 5.74) is -1.36. The van der Waals surface area contributed by atoms with Crippen LogP contribution in [0.4, 0.5) is 17.6 Å². The fourth-order valence-corrected chi connectivity index (χ4v) is 2.79. The minimum absolute atomic E-state index is 0.0428. The highest BCUT2D eigenvalue weighted by Crippen LogP contribution is 2.35. The summed E-state index contributed by atoms with van der Waals surface area (Å²) in [6, 6.07) is 0. The van der Waals surface area contributed by atoms with E-state index >= 15 is 0 Å². The summed E-state index contributed by atoms with van der Waals surface area (Å²) in [5.74, 6) is -6.92. The number of hydrogen-bond donors (Lipinski definition) is 0. The van der Waals surface area contributed by atoms with E-state index in [1.807, 2.05) is 6.92 Å². The van der Waals surface area contributed by atoms with E-state index in [0.29, 0.717) is 18.8 Å². The molecule has 0 heterocycles. The number of allylic oxidation sites excluding steroid dienone is 7. The van der Waals surface area contributed by atoms with Gasteiger partial charge in [0.05, 0.1) is 12.0 Å². The van der Waals surface area contributed by atoms with Gasteiger partial charge in [-0.1, -0.05) is 53.7 Å². The summed E-state index contributed by atoms with van der Waals surface area (Å²) >= 11 is 0. The molecule has 0 saturated carbocycles. The minimum Gasteiger partial charge on any atom is -0.462 e. The molecule has 2 nitrogen and oxygen atoms in total. The Morgan fingerprint density at radius 3 is 1.85 bits per heavy atom. The summed E-state index contributed by atoms with van der Waals surface area (Å²) in [6.07, 6.45) is 2.67. The SMILES string of the molecule is C=C(/C(C)=C(F)/C(F)=C(\C)C(C)C(=O)OC(C)CC)/C(F)=C(/F)C(=C)C(C)CCC(C)CC. The van der Waals surface area contributed by atoms with Crippen LogP contribution in [0.25, 0.3) is 0 Å². The first-order valence-electron chi connectivity index (χ1n) is 11.6. The maximum atomic E-state index is 14.8. The molecule has 0 rings (SSSR count). The molecule has 0 bridgehead atoms. The molecule has 0 aromatic carbocycles. The molecule has 0 amide bonds. The van der Waals surface area contributed by atoms with E-state index < -0.39 is 46.3 Å². The fraction of sp³-hybridized carbons (Fsp3) is 0.593. The van der Waals surface area contributed by atoms with Crippen LogP contribution in [0.2, 0.25) is 0 Å². The summed E-state index contributed by atoms with van der Waals surface area (Å²) < 4.78 is 64.1. The zero-order valence-electron chi connectivity index (χ0n) is 21.4. The second-order valence-electron chi connectivity index (χ2n) is 8.94. The Labute approximate surface area is 197 Å².